The van der Waals surface area contributed by atoms with Crippen LogP contribution in [0.2, 0.25) is 0 Å². The molecular formula is C15H24N2O2. The van der Waals surface area contributed by atoms with E-state index in [4.69, 9.17) is 0 Å². The number of phenolic OH excluding ortho intramolecular Hbond substituents is 1. The lowest BCUT2D eigenvalue weighted by molar-refractivity contribution is -0.131. The average molecular weight is 264 g/mol. The molecule has 1 aromatic rings. The van der Waals surface area contributed by atoms with Crippen LogP contribution in [0.3, 0.4) is 0 Å². The standard InChI is InChI=1S/C15H24N2O2/c1-5-17(6-2)15(19)11-16(4)10-13-9-12(3)7-8-14(13)18/h7-9,18H,5-6,10-11H2,1-4H3. The van der Waals surface area contributed by atoms with Crippen LogP contribution in [0.15, 0.2) is 18.2 Å². The molecule has 1 amide bonds. The number of aromatic hydroxyl groups is 1. The summed E-state index contributed by atoms with van der Waals surface area (Å²) in [5, 5.41) is 9.80. The predicted octanol–water partition coefficient (Wildman–Crippen LogP) is 2.00. The number of carbonyl (C=O) groups is 1. The first-order valence-electron chi connectivity index (χ1n) is 6.72. The van der Waals surface area contributed by atoms with Crippen LogP contribution in [0.25, 0.3) is 0 Å². The van der Waals surface area contributed by atoms with Crippen molar-refractivity contribution in [2.45, 2.75) is 27.3 Å². The van der Waals surface area contributed by atoms with Crippen LogP contribution < -0.4 is 0 Å². The molecular weight excluding hydrogens is 240 g/mol. The van der Waals surface area contributed by atoms with Crippen LogP contribution in [0.1, 0.15) is 25.0 Å². The van der Waals surface area contributed by atoms with E-state index in [1.807, 2.05) is 49.8 Å². The van der Waals surface area contributed by atoms with Gasteiger partial charge in [-0.05, 0) is 33.9 Å². The Labute approximate surface area is 115 Å². The second-order valence-electron chi connectivity index (χ2n) is 4.87. The molecule has 0 aliphatic carbocycles. The van der Waals surface area contributed by atoms with Gasteiger partial charge in [0.1, 0.15) is 5.75 Å². The van der Waals surface area contributed by atoms with E-state index in [0.29, 0.717) is 13.1 Å². The van der Waals surface area contributed by atoms with Crippen molar-refractivity contribution in [2.24, 2.45) is 0 Å². The molecule has 0 atom stereocenters. The number of hydrogen-bond acceptors (Lipinski definition) is 3. The van der Waals surface area contributed by atoms with Gasteiger partial charge in [0, 0.05) is 25.2 Å². The molecule has 1 rings (SSSR count). The Kier molecular flexibility index (Phi) is 5.83. The Morgan fingerprint density at radius 2 is 1.89 bits per heavy atom. The highest BCUT2D eigenvalue weighted by Gasteiger charge is 2.13. The van der Waals surface area contributed by atoms with Gasteiger partial charge >= 0.3 is 0 Å². The molecule has 0 unspecified atom stereocenters. The van der Waals surface area contributed by atoms with Gasteiger partial charge in [0.25, 0.3) is 0 Å². The number of rotatable bonds is 6. The number of carbonyl (C=O) groups excluding carboxylic acids is 1. The van der Waals surface area contributed by atoms with Gasteiger partial charge in [-0.15, -0.1) is 0 Å². The predicted molar refractivity (Wildman–Crippen MR) is 77.1 cm³/mol. The molecule has 0 spiro atoms. The molecule has 1 N–H and O–H groups in total. The third-order valence-electron chi connectivity index (χ3n) is 3.20. The number of benzene rings is 1. The van der Waals surface area contributed by atoms with E-state index >= 15 is 0 Å². The molecule has 106 valence electrons. The van der Waals surface area contributed by atoms with Crippen molar-refractivity contribution in [3.8, 4) is 5.75 Å². The van der Waals surface area contributed by atoms with Gasteiger partial charge in [-0.2, -0.15) is 0 Å². The fourth-order valence-corrected chi connectivity index (χ4v) is 2.09. The molecule has 0 aliphatic heterocycles. The zero-order valence-electron chi connectivity index (χ0n) is 12.3. The highest BCUT2D eigenvalue weighted by molar-refractivity contribution is 5.78. The molecule has 4 nitrogen and oxygen atoms in total. The smallest absolute Gasteiger partial charge is 0.236 e. The quantitative estimate of drug-likeness (QED) is 0.854. The summed E-state index contributed by atoms with van der Waals surface area (Å²) in [6.45, 7) is 8.36. The topological polar surface area (TPSA) is 43.8 Å². The van der Waals surface area contributed by atoms with Gasteiger partial charge in [0.05, 0.1) is 6.54 Å². The third-order valence-corrected chi connectivity index (χ3v) is 3.20. The normalized spacial score (nSPS) is 10.8. The Hall–Kier alpha value is -1.55. The maximum Gasteiger partial charge on any atom is 0.236 e. The highest BCUT2D eigenvalue weighted by Crippen LogP contribution is 2.19. The maximum absolute atomic E-state index is 12.0. The van der Waals surface area contributed by atoms with Gasteiger partial charge in [-0.1, -0.05) is 17.7 Å². The van der Waals surface area contributed by atoms with Crippen LogP contribution >= 0.6 is 0 Å². The lowest BCUT2D eigenvalue weighted by atomic mass is 10.1. The molecule has 0 saturated heterocycles. The minimum Gasteiger partial charge on any atom is -0.508 e. The Bertz CT molecular complexity index is 428. The summed E-state index contributed by atoms with van der Waals surface area (Å²) in [6.07, 6.45) is 0. The van der Waals surface area contributed by atoms with Crippen molar-refractivity contribution in [1.82, 2.24) is 9.80 Å². The number of nitrogens with zero attached hydrogens (tertiary/aromatic N) is 2. The SMILES string of the molecule is CCN(CC)C(=O)CN(C)Cc1cc(C)ccc1O. The summed E-state index contributed by atoms with van der Waals surface area (Å²) in [4.78, 5) is 15.7. The molecule has 0 radical (unpaired) electrons. The molecule has 1 aromatic carbocycles. The van der Waals surface area contributed by atoms with E-state index < -0.39 is 0 Å². The molecule has 0 heterocycles. The molecule has 0 saturated carbocycles. The molecule has 4 heteroatoms. The van der Waals surface area contributed by atoms with Crippen LogP contribution in [0, 0.1) is 6.92 Å². The van der Waals surface area contributed by atoms with Crippen molar-refractivity contribution < 1.29 is 9.90 Å². The van der Waals surface area contributed by atoms with E-state index in [9.17, 15) is 9.90 Å². The van der Waals surface area contributed by atoms with Crippen molar-refractivity contribution in [1.29, 1.82) is 0 Å². The fourth-order valence-electron chi connectivity index (χ4n) is 2.09. The second-order valence-corrected chi connectivity index (χ2v) is 4.87. The van der Waals surface area contributed by atoms with Gasteiger partial charge < -0.3 is 10.0 Å². The van der Waals surface area contributed by atoms with Crippen LogP contribution in [-0.4, -0.2) is 47.5 Å². The minimum absolute atomic E-state index is 0.125. The zero-order chi connectivity index (χ0) is 14.4. The summed E-state index contributed by atoms with van der Waals surface area (Å²) >= 11 is 0. The van der Waals surface area contributed by atoms with Crippen LogP contribution in [-0.2, 0) is 11.3 Å². The molecule has 0 aromatic heterocycles. The van der Waals surface area contributed by atoms with Gasteiger partial charge in [0.15, 0.2) is 0 Å². The van der Waals surface area contributed by atoms with E-state index in [1.54, 1.807) is 6.07 Å². The molecule has 0 bridgehead atoms. The molecule has 0 fully saturated rings. The maximum atomic E-state index is 12.0. The lowest BCUT2D eigenvalue weighted by Gasteiger charge is -2.23. The highest BCUT2D eigenvalue weighted by atomic mass is 16.3. The number of amides is 1. The number of hydrogen-bond donors (Lipinski definition) is 1. The van der Waals surface area contributed by atoms with Crippen LogP contribution in [0.5, 0.6) is 5.75 Å². The summed E-state index contributed by atoms with van der Waals surface area (Å²) in [5.74, 6) is 0.410. The monoisotopic (exact) mass is 264 g/mol. The summed E-state index contributed by atoms with van der Waals surface area (Å²) in [5.41, 5.74) is 1.96. The van der Waals surface area contributed by atoms with E-state index in [1.165, 1.54) is 0 Å². The zero-order valence-corrected chi connectivity index (χ0v) is 12.3. The average Bonchev–Trinajstić information content (AvgIpc) is 2.35. The van der Waals surface area contributed by atoms with Gasteiger partial charge in [0.2, 0.25) is 5.91 Å². The molecule has 19 heavy (non-hydrogen) atoms. The number of phenols is 1. The molecule has 0 aliphatic rings. The largest absolute Gasteiger partial charge is 0.508 e. The second kappa shape index (κ2) is 7.14. The fraction of sp³-hybridized carbons (Fsp3) is 0.533. The number of aryl methyl sites for hydroxylation is 1. The summed E-state index contributed by atoms with van der Waals surface area (Å²) in [7, 11) is 1.89. The van der Waals surface area contributed by atoms with E-state index in [0.717, 1.165) is 24.2 Å². The Morgan fingerprint density at radius 1 is 1.26 bits per heavy atom. The van der Waals surface area contributed by atoms with E-state index in [-0.39, 0.29) is 11.7 Å². The van der Waals surface area contributed by atoms with Crippen molar-refractivity contribution in [3.63, 3.8) is 0 Å². The summed E-state index contributed by atoms with van der Waals surface area (Å²) in [6, 6.07) is 5.53. The number of likely N-dealkylation sites (N-methyl/N-ethyl adjacent to an activating group) is 2. The summed E-state index contributed by atoms with van der Waals surface area (Å²) < 4.78 is 0. The first-order valence-corrected chi connectivity index (χ1v) is 6.72. The van der Waals surface area contributed by atoms with E-state index in [2.05, 4.69) is 0 Å². The van der Waals surface area contributed by atoms with Crippen molar-refractivity contribution >= 4 is 5.91 Å². The van der Waals surface area contributed by atoms with Crippen molar-refractivity contribution in [2.75, 3.05) is 26.7 Å². The van der Waals surface area contributed by atoms with Crippen LogP contribution in [0.4, 0.5) is 0 Å². The Morgan fingerprint density at radius 3 is 2.47 bits per heavy atom. The van der Waals surface area contributed by atoms with Crippen molar-refractivity contribution in [3.05, 3.63) is 29.3 Å². The van der Waals surface area contributed by atoms with Gasteiger partial charge in [-0.25, -0.2) is 0 Å². The lowest BCUT2D eigenvalue weighted by Crippen LogP contribution is -2.38. The Balaban J connectivity index is 2.62. The third kappa shape index (κ3) is 4.56. The first-order chi connectivity index (χ1) is 8.97. The first kappa shape index (κ1) is 15.5. The van der Waals surface area contributed by atoms with Gasteiger partial charge in [-0.3, -0.25) is 9.69 Å². The minimum atomic E-state index is 0.125.